The average Bonchev–Trinajstić information content (AvgIpc) is 2.92. The first-order valence-corrected chi connectivity index (χ1v) is 12.2. The van der Waals surface area contributed by atoms with Gasteiger partial charge in [-0.3, -0.25) is 8.37 Å². The lowest BCUT2D eigenvalue weighted by atomic mass is 9.97. The van der Waals surface area contributed by atoms with Gasteiger partial charge in [0.1, 0.15) is 31.0 Å². The van der Waals surface area contributed by atoms with Crippen LogP contribution < -0.4 is 0 Å². The molecule has 2 fully saturated rings. The third kappa shape index (κ3) is 6.32. The molecule has 2 saturated heterocycles. The molecule has 0 aromatic carbocycles. The van der Waals surface area contributed by atoms with Gasteiger partial charge in [-0.15, -0.1) is 0 Å². The van der Waals surface area contributed by atoms with Gasteiger partial charge in [-0.25, -0.2) is 0 Å². The second-order valence-electron chi connectivity index (χ2n) is 7.23. The van der Waals surface area contributed by atoms with Crippen LogP contribution in [0.2, 0.25) is 0 Å². The number of hydrogen-bond acceptors (Lipinski definition) is 10. The number of fused-ring (bicyclic) bond motifs is 1. The number of ether oxygens (including phenoxy) is 4. The Labute approximate surface area is 160 Å². The van der Waals surface area contributed by atoms with Crippen LogP contribution in [0.3, 0.4) is 0 Å². The minimum Gasteiger partial charge on any atom is -0.372 e. The SMILES string of the molecule is CCCCO[C@H]1[C@H]2OC(C)(C)O[C@H]2OC1(COS(C)(=O)=O)COS(C)(=O)=O. The van der Waals surface area contributed by atoms with Gasteiger partial charge >= 0.3 is 0 Å². The van der Waals surface area contributed by atoms with Gasteiger partial charge in [-0.1, -0.05) is 13.3 Å². The molecular formula is C15H28O10S2. The quantitative estimate of drug-likeness (QED) is 0.353. The average molecular weight is 433 g/mol. The predicted molar refractivity (Wildman–Crippen MR) is 93.9 cm³/mol. The molecule has 160 valence electrons. The van der Waals surface area contributed by atoms with Crippen LogP contribution in [0, 0.1) is 0 Å². The predicted octanol–water partition coefficient (Wildman–Crippen LogP) is 0.371. The van der Waals surface area contributed by atoms with E-state index in [2.05, 4.69) is 0 Å². The highest BCUT2D eigenvalue weighted by Gasteiger charge is 2.63. The first kappa shape index (κ1) is 22.9. The van der Waals surface area contributed by atoms with Crippen LogP contribution in [0.4, 0.5) is 0 Å². The standard InChI is InChI=1S/C15H28O10S2/c1-6-7-8-20-12-11-13(24-14(2,3)23-11)25-15(12,9-21-26(4,16)17)10-22-27(5,18)19/h11-13H,6-10H2,1-5H3/t11-,12+,13+/m1/s1. The molecule has 3 atom stereocenters. The van der Waals surface area contributed by atoms with Crippen LogP contribution in [0.15, 0.2) is 0 Å². The largest absolute Gasteiger partial charge is 0.372 e. The number of unbranched alkanes of at least 4 members (excludes halogenated alkanes) is 1. The zero-order valence-electron chi connectivity index (χ0n) is 16.2. The summed E-state index contributed by atoms with van der Waals surface area (Å²) in [5.74, 6) is -0.927. The minimum atomic E-state index is -3.82. The molecule has 27 heavy (non-hydrogen) atoms. The van der Waals surface area contributed by atoms with E-state index in [4.69, 9.17) is 27.3 Å². The molecule has 2 heterocycles. The van der Waals surface area contributed by atoms with E-state index in [0.29, 0.717) is 6.61 Å². The van der Waals surface area contributed by atoms with Crippen LogP contribution in [-0.2, 0) is 47.5 Å². The van der Waals surface area contributed by atoms with Crippen molar-refractivity contribution in [1.29, 1.82) is 0 Å². The molecule has 2 aliphatic heterocycles. The fourth-order valence-electron chi connectivity index (χ4n) is 2.94. The summed E-state index contributed by atoms with van der Waals surface area (Å²) in [4.78, 5) is 0. The Balaban J connectivity index is 2.31. The highest BCUT2D eigenvalue weighted by atomic mass is 32.2. The van der Waals surface area contributed by atoms with E-state index in [0.717, 1.165) is 25.4 Å². The number of hydrogen-bond donors (Lipinski definition) is 0. The van der Waals surface area contributed by atoms with E-state index < -0.39 is 63.3 Å². The lowest BCUT2D eigenvalue weighted by Crippen LogP contribution is -2.54. The fraction of sp³-hybridized carbons (Fsp3) is 1.00. The van der Waals surface area contributed by atoms with Crippen molar-refractivity contribution in [2.24, 2.45) is 0 Å². The van der Waals surface area contributed by atoms with Crippen molar-refractivity contribution in [2.45, 2.75) is 63.5 Å². The molecule has 0 saturated carbocycles. The first-order valence-electron chi connectivity index (χ1n) is 8.61. The molecule has 0 unspecified atom stereocenters. The van der Waals surface area contributed by atoms with Crippen LogP contribution >= 0.6 is 0 Å². The summed E-state index contributed by atoms with van der Waals surface area (Å²) in [6.45, 7) is 4.74. The highest BCUT2D eigenvalue weighted by molar-refractivity contribution is 7.86. The summed E-state index contributed by atoms with van der Waals surface area (Å²) in [5.41, 5.74) is -1.54. The Morgan fingerprint density at radius 3 is 1.96 bits per heavy atom. The number of rotatable bonds is 10. The van der Waals surface area contributed by atoms with Crippen molar-refractivity contribution >= 4 is 20.2 Å². The van der Waals surface area contributed by atoms with Gasteiger partial charge in [-0.2, -0.15) is 16.8 Å². The van der Waals surface area contributed by atoms with Crippen molar-refractivity contribution in [3.8, 4) is 0 Å². The zero-order valence-corrected chi connectivity index (χ0v) is 17.8. The third-order valence-corrected chi connectivity index (χ3v) is 5.18. The van der Waals surface area contributed by atoms with Gasteiger partial charge in [0.2, 0.25) is 0 Å². The molecular weight excluding hydrogens is 404 g/mol. The Hall–Kier alpha value is -0.340. The van der Waals surface area contributed by atoms with E-state index >= 15 is 0 Å². The third-order valence-electron chi connectivity index (χ3n) is 4.09. The Kier molecular flexibility index (Phi) is 6.96. The van der Waals surface area contributed by atoms with Crippen LogP contribution in [0.1, 0.15) is 33.6 Å². The molecule has 0 bridgehead atoms. The summed E-state index contributed by atoms with van der Waals surface area (Å²) in [6.07, 6.45) is 0.972. The van der Waals surface area contributed by atoms with Crippen molar-refractivity contribution in [3.63, 3.8) is 0 Å². The van der Waals surface area contributed by atoms with Gasteiger partial charge in [0.05, 0.1) is 12.5 Å². The fourth-order valence-corrected chi connectivity index (χ4v) is 3.77. The van der Waals surface area contributed by atoms with E-state index in [-0.39, 0.29) is 0 Å². The maximum atomic E-state index is 11.5. The molecule has 2 aliphatic rings. The Morgan fingerprint density at radius 1 is 0.926 bits per heavy atom. The summed E-state index contributed by atoms with van der Waals surface area (Å²) in [6, 6.07) is 0. The molecule has 0 aliphatic carbocycles. The topological polar surface area (TPSA) is 124 Å². The molecule has 2 rings (SSSR count). The molecule has 0 amide bonds. The van der Waals surface area contributed by atoms with E-state index in [1.54, 1.807) is 13.8 Å². The summed E-state index contributed by atoms with van der Waals surface area (Å²) < 4.78 is 79.2. The molecule has 10 nitrogen and oxygen atoms in total. The van der Waals surface area contributed by atoms with Crippen molar-refractivity contribution in [3.05, 3.63) is 0 Å². The molecule has 12 heteroatoms. The maximum Gasteiger partial charge on any atom is 0.264 e. The van der Waals surface area contributed by atoms with Gasteiger partial charge < -0.3 is 18.9 Å². The lowest BCUT2D eigenvalue weighted by molar-refractivity contribution is -0.253. The molecule has 0 spiro atoms. The van der Waals surface area contributed by atoms with Crippen molar-refractivity contribution in [2.75, 3.05) is 32.3 Å². The van der Waals surface area contributed by atoms with Crippen molar-refractivity contribution in [1.82, 2.24) is 0 Å². The Bertz CT molecular complexity index is 679. The first-order chi connectivity index (χ1) is 12.3. The maximum absolute atomic E-state index is 11.5. The van der Waals surface area contributed by atoms with E-state index in [9.17, 15) is 16.8 Å². The van der Waals surface area contributed by atoms with E-state index in [1.165, 1.54) is 0 Å². The monoisotopic (exact) mass is 432 g/mol. The zero-order chi connectivity index (χ0) is 20.5. The van der Waals surface area contributed by atoms with Gasteiger partial charge in [-0.05, 0) is 20.3 Å². The van der Waals surface area contributed by atoms with Crippen LogP contribution in [0.25, 0.3) is 0 Å². The van der Waals surface area contributed by atoms with Crippen molar-refractivity contribution < 1.29 is 44.1 Å². The van der Waals surface area contributed by atoms with Crippen LogP contribution in [0.5, 0.6) is 0 Å². The summed E-state index contributed by atoms with van der Waals surface area (Å²) in [7, 11) is -7.64. The minimum absolute atomic E-state index is 0.344. The highest BCUT2D eigenvalue weighted by Crippen LogP contribution is 2.44. The summed E-state index contributed by atoms with van der Waals surface area (Å²) in [5, 5.41) is 0. The van der Waals surface area contributed by atoms with Crippen LogP contribution in [-0.4, -0.2) is 79.1 Å². The molecule has 0 aromatic rings. The molecule has 0 radical (unpaired) electrons. The smallest absolute Gasteiger partial charge is 0.264 e. The van der Waals surface area contributed by atoms with E-state index in [1.807, 2.05) is 6.92 Å². The van der Waals surface area contributed by atoms with Gasteiger partial charge in [0.25, 0.3) is 20.2 Å². The lowest BCUT2D eigenvalue weighted by Gasteiger charge is -2.35. The molecule has 0 N–H and O–H groups in total. The molecule has 0 aromatic heterocycles. The second kappa shape index (κ2) is 8.19. The summed E-state index contributed by atoms with van der Waals surface area (Å²) >= 11 is 0. The van der Waals surface area contributed by atoms with Gasteiger partial charge in [0.15, 0.2) is 12.1 Å². The Morgan fingerprint density at radius 2 is 1.48 bits per heavy atom. The van der Waals surface area contributed by atoms with Gasteiger partial charge in [0, 0.05) is 6.61 Å². The normalized spacial score (nSPS) is 29.7. The second-order valence-corrected chi connectivity index (χ2v) is 10.5.